The minimum absolute atomic E-state index is 0.338. The van der Waals surface area contributed by atoms with Gasteiger partial charge in [-0.25, -0.2) is 0 Å². The molecule has 2 fully saturated rings. The number of ether oxygens (including phenoxy) is 1. The van der Waals surface area contributed by atoms with E-state index in [1.807, 2.05) is 0 Å². The Hall–Kier alpha value is -0.210. The molecule has 7 heteroatoms. The molecule has 0 N–H and O–H groups in total. The van der Waals surface area contributed by atoms with E-state index in [-0.39, 0.29) is 0 Å². The topological polar surface area (TPSA) is 53.1 Å². The van der Waals surface area contributed by atoms with Crippen LogP contribution in [0.1, 0.15) is 27.2 Å². The third kappa shape index (κ3) is 4.20. The first-order valence-corrected chi connectivity index (χ1v) is 9.72. The molecule has 6 nitrogen and oxygen atoms in total. The van der Waals surface area contributed by atoms with Crippen molar-refractivity contribution >= 4 is 10.2 Å². The molecule has 2 heterocycles. The molecule has 2 saturated heterocycles. The maximum Gasteiger partial charge on any atom is 0.282 e. The van der Waals surface area contributed by atoms with Crippen molar-refractivity contribution in [2.45, 2.75) is 33.2 Å². The molecule has 0 spiro atoms. The third-order valence-corrected chi connectivity index (χ3v) is 6.76. The van der Waals surface area contributed by atoms with Crippen molar-refractivity contribution < 1.29 is 13.2 Å². The molecular weight excluding hydrogens is 302 g/mol. The lowest BCUT2D eigenvalue weighted by molar-refractivity contribution is 0.0743. The highest BCUT2D eigenvalue weighted by Gasteiger charge is 2.36. The summed E-state index contributed by atoms with van der Waals surface area (Å²) < 4.78 is 34.2. The van der Waals surface area contributed by atoms with E-state index >= 15 is 0 Å². The van der Waals surface area contributed by atoms with Crippen LogP contribution in [0.3, 0.4) is 0 Å². The number of hydrogen-bond donors (Lipinski definition) is 0. The Balaban J connectivity index is 1.94. The van der Waals surface area contributed by atoms with Crippen LogP contribution >= 0.6 is 0 Å². The summed E-state index contributed by atoms with van der Waals surface area (Å²) in [5.41, 5.74) is 0. The van der Waals surface area contributed by atoms with Gasteiger partial charge >= 0.3 is 0 Å². The van der Waals surface area contributed by atoms with Crippen LogP contribution in [0, 0.1) is 11.8 Å². The fourth-order valence-corrected chi connectivity index (χ4v) is 5.52. The number of piperidine rings is 1. The average Bonchev–Trinajstić information content (AvgIpc) is 2.46. The van der Waals surface area contributed by atoms with E-state index in [2.05, 4.69) is 25.7 Å². The first-order chi connectivity index (χ1) is 10.3. The van der Waals surface area contributed by atoms with Crippen LogP contribution in [-0.2, 0) is 14.9 Å². The standard InChI is InChI=1S/C15H31N3O3S/c1-13-9-14(2)11-18(10-13)22(19,20)17-7-5-16(6-8-17)15(3)12-21-4/h13-15H,5-12H2,1-4H3/t13-,14-,15+/m1/s1. The van der Waals surface area contributed by atoms with Gasteiger partial charge in [0.15, 0.2) is 0 Å². The molecule has 2 aliphatic rings. The summed E-state index contributed by atoms with van der Waals surface area (Å²) in [5.74, 6) is 0.892. The Morgan fingerprint density at radius 3 is 2.09 bits per heavy atom. The minimum Gasteiger partial charge on any atom is -0.383 e. The molecule has 0 saturated carbocycles. The summed E-state index contributed by atoms with van der Waals surface area (Å²) in [5, 5.41) is 0. The van der Waals surface area contributed by atoms with Gasteiger partial charge in [0.25, 0.3) is 10.2 Å². The Morgan fingerprint density at radius 2 is 1.59 bits per heavy atom. The van der Waals surface area contributed by atoms with Crippen molar-refractivity contribution in [2.75, 3.05) is 53.0 Å². The molecule has 2 rings (SSSR count). The lowest BCUT2D eigenvalue weighted by atomic mass is 9.94. The molecule has 0 aromatic rings. The van der Waals surface area contributed by atoms with E-state index < -0.39 is 10.2 Å². The quantitative estimate of drug-likeness (QED) is 0.749. The van der Waals surface area contributed by atoms with Crippen LogP contribution in [0.25, 0.3) is 0 Å². The van der Waals surface area contributed by atoms with Crippen molar-refractivity contribution in [2.24, 2.45) is 11.8 Å². The van der Waals surface area contributed by atoms with Gasteiger partial charge in [-0.2, -0.15) is 17.0 Å². The van der Waals surface area contributed by atoms with Gasteiger partial charge in [0.05, 0.1) is 6.61 Å². The van der Waals surface area contributed by atoms with Crippen molar-refractivity contribution in [1.82, 2.24) is 13.5 Å². The fourth-order valence-electron chi connectivity index (χ4n) is 3.68. The number of piperazine rings is 1. The van der Waals surface area contributed by atoms with E-state index in [0.717, 1.165) is 19.5 Å². The van der Waals surface area contributed by atoms with Gasteiger partial charge < -0.3 is 4.74 Å². The molecule has 0 amide bonds. The zero-order valence-corrected chi connectivity index (χ0v) is 15.2. The average molecular weight is 333 g/mol. The van der Waals surface area contributed by atoms with Crippen LogP contribution in [0.15, 0.2) is 0 Å². The Labute approximate surface area is 135 Å². The monoisotopic (exact) mass is 333 g/mol. The molecule has 0 radical (unpaired) electrons. The van der Waals surface area contributed by atoms with Crippen LogP contribution in [0.4, 0.5) is 0 Å². The van der Waals surface area contributed by atoms with E-state index in [1.165, 1.54) is 0 Å². The van der Waals surface area contributed by atoms with Crippen LogP contribution in [-0.4, -0.2) is 81.0 Å². The molecule has 3 atom stereocenters. The Bertz CT molecular complexity index is 439. The zero-order chi connectivity index (χ0) is 16.3. The fraction of sp³-hybridized carbons (Fsp3) is 1.00. The highest BCUT2D eigenvalue weighted by Crippen LogP contribution is 2.25. The predicted octanol–water partition coefficient (Wildman–Crippen LogP) is 0.862. The van der Waals surface area contributed by atoms with Gasteiger partial charge in [0.2, 0.25) is 0 Å². The summed E-state index contributed by atoms with van der Waals surface area (Å²) in [4.78, 5) is 2.30. The SMILES string of the molecule is COC[C@H](C)N1CCN(S(=O)(=O)N2C[C@H](C)C[C@@H](C)C2)CC1. The maximum absolute atomic E-state index is 12.8. The molecule has 22 heavy (non-hydrogen) atoms. The second-order valence-electron chi connectivity index (χ2n) is 7.01. The molecule has 130 valence electrons. The summed E-state index contributed by atoms with van der Waals surface area (Å²) in [7, 11) is -1.60. The highest BCUT2D eigenvalue weighted by atomic mass is 32.2. The van der Waals surface area contributed by atoms with Gasteiger partial charge in [0.1, 0.15) is 0 Å². The second-order valence-corrected chi connectivity index (χ2v) is 8.94. The molecule has 2 aliphatic heterocycles. The first kappa shape index (κ1) is 18.1. The van der Waals surface area contributed by atoms with Crippen molar-refractivity contribution in [1.29, 1.82) is 0 Å². The predicted molar refractivity (Wildman–Crippen MR) is 87.9 cm³/mol. The van der Waals surface area contributed by atoms with Crippen molar-refractivity contribution in [3.8, 4) is 0 Å². The molecule has 0 unspecified atom stereocenters. The number of hydrogen-bond acceptors (Lipinski definition) is 4. The van der Waals surface area contributed by atoms with E-state index in [0.29, 0.717) is 50.7 Å². The zero-order valence-electron chi connectivity index (χ0n) is 14.4. The van der Waals surface area contributed by atoms with E-state index in [9.17, 15) is 8.42 Å². The van der Waals surface area contributed by atoms with Gasteiger partial charge in [-0.05, 0) is 25.2 Å². The summed E-state index contributed by atoms with van der Waals surface area (Å²) in [6.45, 7) is 11.1. The summed E-state index contributed by atoms with van der Waals surface area (Å²) >= 11 is 0. The van der Waals surface area contributed by atoms with Crippen molar-refractivity contribution in [3.05, 3.63) is 0 Å². The Kier molecular flexibility index (Phi) is 6.24. The lowest BCUT2D eigenvalue weighted by Gasteiger charge is -2.41. The van der Waals surface area contributed by atoms with Crippen LogP contribution in [0.5, 0.6) is 0 Å². The van der Waals surface area contributed by atoms with Crippen molar-refractivity contribution in [3.63, 3.8) is 0 Å². The Morgan fingerprint density at radius 1 is 1.05 bits per heavy atom. The largest absolute Gasteiger partial charge is 0.383 e. The number of nitrogens with zero attached hydrogens (tertiary/aromatic N) is 3. The molecule has 0 bridgehead atoms. The third-order valence-electron chi connectivity index (χ3n) is 4.79. The summed E-state index contributed by atoms with van der Waals surface area (Å²) in [6, 6.07) is 0.338. The summed E-state index contributed by atoms with van der Waals surface area (Å²) in [6.07, 6.45) is 1.12. The van der Waals surface area contributed by atoms with Gasteiger partial charge in [-0.3, -0.25) is 4.90 Å². The van der Waals surface area contributed by atoms with Crippen LogP contribution in [0.2, 0.25) is 0 Å². The molecule has 0 aromatic carbocycles. The first-order valence-electron chi connectivity index (χ1n) is 8.32. The van der Waals surface area contributed by atoms with Crippen LogP contribution < -0.4 is 0 Å². The smallest absolute Gasteiger partial charge is 0.282 e. The van der Waals surface area contributed by atoms with E-state index in [4.69, 9.17) is 4.74 Å². The van der Waals surface area contributed by atoms with Gasteiger partial charge in [-0.1, -0.05) is 13.8 Å². The lowest BCUT2D eigenvalue weighted by Crippen LogP contribution is -2.56. The second kappa shape index (κ2) is 7.57. The maximum atomic E-state index is 12.8. The minimum atomic E-state index is -3.30. The van der Waals surface area contributed by atoms with E-state index in [1.54, 1.807) is 15.7 Å². The number of methoxy groups -OCH3 is 1. The molecule has 0 aliphatic carbocycles. The van der Waals surface area contributed by atoms with Gasteiger partial charge in [0, 0.05) is 52.4 Å². The molecule has 0 aromatic heterocycles. The normalized spacial score (nSPS) is 31.3. The molecular formula is C15H31N3O3S. The highest BCUT2D eigenvalue weighted by molar-refractivity contribution is 7.86. The van der Waals surface area contributed by atoms with Gasteiger partial charge in [-0.15, -0.1) is 0 Å². The number of rotatable bonds is 5.